The molecule has 9 aromatic rings. The van der Waals surface area contributed by atoms with Crippen LogP contribution >= 0.6 is 0 Å². The topological polar surface area (TPSA) is 25.8 Å². The molecule has 0 amide bonds. The quantitative estimate of drug-likeness (QED) is 0.191. The van der Waals surface area contributed by atoms with Crippen LogP contribution in [0.3, 0.4) is 0 Å². The second-order valence-corrected chi connectivity index (χ2v) is 13.7. The second-order valence-electron chi connectivity index (χ2n) is 13.7. The van der Waals surface area contributed by atoms with Gasteiger partial charge in [0.2, 0.25) is 0 Å². The highest BCUT2D eigenvalue weighted by Crippen LogP contribution is 2.65. The maximum absolute atomic E-state index is 4.80. The largest absolute Gasteiger partial charge is 0.252 e. The van der Waals surface area contributed by atoms with Crippen molar-refractivity contribution in [3.63, 3.8) is 0 Å². The van der Waals surface area contributed by atoms with Gasteiger partial charge in [-0.1, -0.05) is 164 Å². The summed E-state index contributed by atoms with van der Waals surface area (Å²) in [5, 5.41) is 5.12. The molecule has 0 atom stereocenters. The van der Waals surface area contributed by atoms with Gasteiger partial charge >= 0.3 is 0 Å². The zero-order valence-corrected chi connectivity index (χ0v) is 27.7. The third kappa shape index (κ3) is 3.87. The lowest BCUT2D eigenvalue weighted by Crippen LogP contribution is -2.26. The average molecular weight is 647 g/mol. The fourth-order valence-electron chi connectivity index (χ4n) is 9.07. The van der Waals surface area contributed by atoms with E-state index >= 15 is 0 Å². The molecule has 236 valence electrons. The van der Waals surface area contributed by atoms with E-state index in [1.165, 1.54) is 77.2 Å². The molecule has 2 aliphatic carbocycles. The zero-order chi connectivity index (χ0) is 33.5. The third-order valence-corrected chi connectivity index (χ3v) is 11.2. The van der Waals surface area contributed by atoms with Crippen molar-refractivity contribution in [2.75, 3.05) is 0 Å². The molecule has 0 fully saturated rings. The van der Waals surface area contributed by atoms with Gasteiger partial charge in [-0.05, 0) is 83.2 Å². The molecule has 2 nitrogen and oxygen atoms in total. The summed E-state index contributed by atoms with van der Waals surface area (Å²) in [4.78, 5) is 9.54. The van der Waals surface area contributed by atoms with E-state index in [-0.39, 0.29) is 0 Å². The van der Waals surface area contributed by atoms with Crippen LogP contribution in [0.2, 0.25) is 0 Å². The summed E-state index contributed by atoms with van der Waals surface area (Å²) < 4.78 is 0. The van der Waals surface area contributed by atoms with Crippen molar-refractivity contribution in [2.24, 2.45) is 0 Å². The first-order valence-corrected chi connectivity index (χ1v) is 17.6. The van der Waals surface area contributed by atoms with Gasteiger partial charge in [-0.2, -0.15) is 0 Å². The van der Waals surface area contributed by atoms with E-state index in [1.807, 2.05) is 30.6 Å². The Morgan fingerprint density at radius 3 is 1.59 bits per heavy atom. The van der Waals surface area contributed by atoms with Crippen LogP contribution in [0.5, 0.6) is 0 Å². The van der Waals surface area contributed by atoms with Crippen molar-refractivity contribution in [2.45, 2.75) is 5.41 Å². The van der Waals surface area contributed by atoms with Crippen LogP contribution in [-0.2, 0) is 5.41 Å². The minimum absolute atomic E-state index is 0.451. The summed E-state index contributed by atoms with van der Waals surface area (Å²) in [6.45, 7) is 0. The molecule has 0 N–H and O–H groups in total. The Hall–Kier alpha value is -6.64. The second kappa shape index (κ2) is 10.7. The van der Waals surface area contributed by atoms with E-state index in [1.54, 1.807) is 0 Å². The molecule has 1 aromatic heterocycles. The van der Waals surface area contributed by atoms with Crippen molar-refractivity contribution < 1.29 is 0 Å². The normalized spacial score (nSPS) is 13.3. The maximum Gasteiger partial charge on any atom is 0.0885 e. The van der Waals surface area contributed by atoms with Gasteiger partial charge in [0.15, 0.2) is 0 Å². The molecule has 0 radical (unpaired) electrons. The van der Waals surface area contributed by atoms with Crippen LogP contribution < -0.4 is 0 Å². The minimum Gasteiger partial charge on any atom is -0.252 e. The summed E-state index contributed by atoms with van der Waals surface area (Å²) in [5.41, 5.74) is 16.6. The molecule has 2 aliphatic rings. The molecule has 1 heterocycles. The molecule has 0 saturated heterocycles. The molecule has 1 spiro atoms. The Morgan fingerprint density at radius 2 is 0.902 bits per heavy atom. The lowest BCUT2D eigenvalue weighted by molar-refractivity contribution is 0.802. The van der Waals surface area contributed by atoms with E-state index in [9.17, 15) is 0 Å². The van der Waals surface area contributed by atoms with Crippen LogP contribution in [0.1, 0.15) is 22.3 Å². The fourth-order valence-corrected chi connectivity index (χ4v) is 9.07. The molecule has 2 heteroatoms. The summed E-state index contributed by atoms with van der Waals surface area (Å²) in [6.07, 6.45) is 3.74. The predicted octanol–water partition coefficient (Wildman–Crippen LogP) is 12.1. The first-order chi connectivity index (χ1) is 25.3. The molecule has 0 bridgehead atoms. The Labute approximate surface area is 296 Å². The van der Waals surface area contributed by atoms with Gasteiger partial charge in [0.25, 0.3) is 0 Å². The van der Waals surface area contributed by atoms with Crippen molar-refractivity contribution >= 4 is 21.5 Å². The Balaban J connectivity index is 1.16. The predicted molar refractivity (Wildman–Crippen MR) is 210 cm³/mol. The highest BCUT2D eigenvalue weighted by atomic mass is 14.8. The third-order valence-electron chi connectivity index (χ3n) is 11.2. The Kier molecular flexibility index (Phi) is 5.91. The van der Waals surface area contributed by atoms with Gasteiger partial charge in [-0.25, -0.2) is 0 Å². The van der Waals surface area contributed by atoms with Gasteiger partial charge in [-0.15, -0.1) is 0 Å². The van der Waals surface area contributed by atoms with E-state index < -0.39 is 5.41 Å². The number of fused-ring (bicyclic) bond motifs is 14. The summed E-state index contributed by atoms with van der Waals surface area (Å²) >= 11 is 0. The van der Waals surface area contributed by atoms with Crippen LogP contribution in [0, 0.1) is 0 Å². The van der Waals surface area contributed by atoms with E-state index in [0.717, 1.165) is 22.5 Å². The molecule has 11 rings (SSSR count). The minimum atomic E-state index is -0.451. The average Bonchev–Trinajstić information content (AvgIpc) is 3.69. The number of aromatic nitrogens is 2. The van der Waals surface area contributed by atoms with Gasteiger partial charge in [0.05, 0.1) is 29.2 Å². The van der Waals surface area contributed by atoms with Gasteiger partial charge in [-0.3, -0.25) is 9.97 Å². The summed E-state index contributed by atoms with van der Waals surface area (Å²) in [7, 11) is 0. The number of benzene rings is 8. The molecule has 0 saturated carbocycles. The lowest BCUT2D eigenvalue weighted by Gasteiger charge is -2.32. The zero-order valence-electron chi connectivity index (χ0n) is 27.7. The summed E-state index contributed by atoms with van der Waals surface area (Å²) in [6, 6.07) is 62.3. The Bertz CT molecular complexity index is 2790. The van der Waals surface area contributed by atoms with E-state index in [2.05, 4.69) is 152 Å². The number of hydrogen-bond acceptors (Lipinski definition) is 2. The highest BCUT2D eigenvalue weighted by Gasteiger charge is 2.53. The van der Waals surface area contributed by atoms with Gasteiger partial charge < -0.3 is 0 Å². The van der Waals surface area contributed by atoms with Crippen molar-refractivity contribution in [3.8, 4) is 55.9 Å². The van der Waals surface area contributed by atoms with Gasteiger partial charge in [0, 0.05) is 11.1 Å². The molecule has 0 aliphatic heterocycles. The molecule has 0 unspecified atom stereocenters. The monoisotopic (exact) mass is 646 g/mol. The molecular weight excluding hydrogens is 617 g/mol. The lowest BCUT2D eigenvalue weighted by atomic mass is 9.69. The molecular formula is C49H30N2. The number of rotatable bonds is 3. The number of nitrogens with zero attached hydrogens (tertiary/aromatic N) is 2. The van der Waals surface area contributed by atoms with Crippen LogP contribution in [0.15, 0.2) is 182 Å². The summed E-state index contributed by atoms with van der Waals surface area (Å²) in [5.74, 6) is 0. The van der Waals surface area contributed by atoms with Crippen LogP contribution in [0.25, 0.3) is 77.4 Å². The van der Waals surface area contributed by atoms with Crippen molar-refractivity contribution in [3.05, 3.63) is 205 Å². The Morgan fingerprint density at radius 1 is 0.353 bits per heavy atom. The standard InChI is InChI=1S/C49H30N2/c1-2-13-33(14-3-1)45-29-51-46(30-50-45)34-24-22-32(23-25-34)41-28-44-47(39-19-7-6-16-36(39)41)40-27-26-31-12-4-5-15-35(31)48(40)49(44)42-20-10-8-17-37(42)38-18-9-11-21-43(38)49/h1-30H. The first kappa shape index (κ1) is 28.2. The molecule has 51 heavy (non-hydrogen) atoms. The van der Waals surface area contributed by atoms with Crippen molar-refractivity contribution in [1.82, 2.24) is 9.97 Å². The van der Waals surface area contributed by atoms with Crippen molar-refractivity contribution in [1.29, 1.82) is 0 Å². The molecule has 8 aromatic carbocycles. The van der Waals surface area contributed by atoms with Gasteiger partial charge in [0.1, 0.15) is 0 Å². The fraction of sp³-hybridized carbons (Fsp3) is 0.0204. The number of hydrogen-bond donors (Lipinski definition) is 0. The maximum atomic E-state index is 4.80. The SMILES string of the molecule is c1ccc(-c2cnc(-c3ccc(-c4cc5c(c6ccccc46)-c4ccc6ccccc6c4C54c5ccccc5-c5ccccc54)cc3)cn2)cc1. The first-order valence-electron chi connectivity index (χ1n) is 17.6. The van der Waals surface area contributed by atoms with E-state index in [4.69, 9.17) is 9.97 Å². The van der Waals surface area contributed by atoms with Crippen LogP contribution in [-0.4, -0.2) is 9.97 Å². The highest BCUT2D eigenvalue weighted by molar-refractivity contribution is 6.14. The van der Waals surface area contributed by atoms with Crippen LogP contribution in [0.4, 0.5) is 0 Å². The smallest absolute Gasteiger partial charge is 0.0885 e. The van der Waals surface area contributed by atoms with E-state index in [0.29, 0.717) is 0 Å².